The number of hydrogen-bond donors (Lipinski definition) is 5. The molecule has 0 radical (unpaired) electrons. The topological polar surface area (TPSA) is 80.5 Å². The predicted octanol–water partition coefficient (Wildman–Crippen LogP) is 0.158. The van der Waals surface area contributed by atoms with Crippen molar-refractivity contribution >= 4 is 17.7 Å². The molecule has 0 aromatic rings. The van der Waals surface area contributed by atoms with Gasteiger partial charge in [0.2, 0.25) is 5.91 Å². The van der Waals surface area contributed by atoms with E-state index in [2.05, 4.69) is 50.6 Å². The third kappa shape index (κ3) is 4.36. The molecule has 1 amide bonds. The Kier molecular flexibility index (Phi) is 6.38. The van der Waals surface area contributed by atoms with Crippen LogP contribution in [0.5, 0.6) is 0 Å². The zero-order chi connectivity index (χ0) is 17.9. The molecule has 0 saturated carbocycles. The van der Waals surface area contributed by atoms with Crippen LogP contribution >= 0.6 is 11.8 Å². The second kappa shape index (κ2) is 8.75. The molecule has 4 aliphatic rings. The van der Waals surface area contributed by atoms with E-state index in [4.69, 9.17) is 0 Å². The van der Waals surface area contributed by atoms with Gasteiger partial charge in [0, 0.05) is 42.1 Å². The van der Waals surface area contributed by atoms with E-state index in [-0.39, 0.29) is 11.9 Å². The molecule has 4 saturated heterocycles. The van der Waals surface area contributed by atoms with Crippen molar-refractivity contribution in [2.45, 2.75) is 74.2 Å². The van der Waals surface area contributed by atoms with Gasteiger partial charge in [-0.15, -0.1) is 0 Å². The molecule has 4 heterocycles. The molecular formula is C18H34N6OS. The van der Waals surface area contributed by atoms with Gasteiger partial charge < -0.3 is 10.6 Å². The lowest BCUT2D eigenvalue weighted by Gasteiger charge is -2.38. The maximum Gasteiger partial charge on any atom is 0.238 e. The van der Waals surface area contributed by atoms with Crippen LogP contribution in [0, 0.1) is 5.92 Å². The number of hydrazine groups is 2. The molecule has 6 atom stereocenters. The fraction of sp³-hybridized carbons (Fsp3) is 0.944. The fourth-order valence-electron chi connectivity index (χ4n) is 4.79. The average molecular weight is 383 g/mol. The molecule has 148 valence electrons. The summed E-state index contributed by atoms with van der Waals surface area (Å²) in [6.45, 7) is 6.29. The van der Waals surface area contributed by atoms with Crippen LogP contribution in [0.1, 0.15) is 45.4 Å². The molecule has 0 spiro atoms. The van der Waals surface area contributed by atoms with Gasteiger partial charge in [-0.05, 0) is 45.1 Å². The Morgan fingerprint density at radius 2 is 2.12 bits per heavy atom. The summed E-state index contributed by atoms with van der Waals surface area (Å²) in [5, 5.41) is 10.6. The fourth-order valence-corrected chi connectivity index (χ4v) is 6.30. The molecule has 0 aliphatic carbocycles. The molecule has 5 N–H and O–H groups in total. The van der Waals surface area contributed by atoms with Gasteiger partial charge in [-0.3, -0.25) is 15.6 Å². The van der Waals surface area contributed by atoms with Crippen LogP contribution in [-0.2, 0) is 4.79 Å². The molecular weight excluding hydrogens is 348 g/mol. The van der Waals surface area contributed by atoms with Gasteiger partial charge in [0.05, 0.1) is 6.17 Å². The molecule has 6 unspecified atom stereocenters. The predicted molar refractivity (Wildman–Crippen MR) is 105 cm³/mol. The van der Waals surface area contributed by atoms with Crippen LogP contribution in [0.15, 0.2) is 0 Å². The highest BCUT2D eigenvalue weighted by Crippen LogP contribution is 2.37. The molecule has 4 rings (SSSR count). The van der Waals surface area contributed by atoms with E-state index < -0.39 is 0 Å². The SMILES string of the molecule is CC1CCC(C2CC(C(=O)NCC3CCCNC3N3CCCN3)NN2)S1. The monoisotopic (exact) mass is 382 g/mol. The van der Waals surface area contributed by atoms with Gasteiger partial charge in [-0.2, -0.15) is 11.8 Å². The van der Waals surface area contributed by atoms with Gasteiger partial charge >= 0.3 is 0 Å². The lowest BCUT2D eigenvalue weighted by molar-refractivity contribution is -0.123. The van der Waals surface area contributed by atoms with Gasteiger partial charge in [0.1, 0.15) is 6.04 Å². The second-order valence-corrected chi connectivity index (χ2v) is 9.93. The minimum Gasteiger partial charge on any atom is -0.354 e. The number of thioether (sulfide) groups is 1. The van der Waals surface area contributed by atoms with E-state index in [0.29, 0.717) is 23.4 Å². The van der Waals surface area contributed by atoms with Gasteiger partial charge in [-0.1, -0.05) is 6.92 Å². The average Bonchev–Trinajstić information content (AvgIpc) is 3.40. The molecule has 4 aliphatic heterocycles. The Morgan fingerprint density at radius 1 is 1.19 bits per heavy atom. The normalized spacial score (nSPS) is 41.6. The van der Waals surface area contributed by atoms with E-state index in [0.717, 1.165) is 37.8 Å². The quantitative estimate of drug-likeness (QED) is 0.463. The zero-order valence-corrected chi connectivity index (χ0v) is 16.6. The Hall–Kier alpha value is -0.380. The number of nitrogens with one attached hydrogen (secondary N) is 5. The first-order chi connectivity index (χ1) is 12.7. The molecule has 8 heteroatoms. The van der Waals surface area contributed by atoms with Crippen molar-refractivity contribution in [3.05, 3.63) is 0 Å². The molecule has 7 nitrogen and oxygen atoms in total. The van der Waals surface area contributed by atoms with Crippen LogP contribution in [0.3, 0.4) is 0 Å². The number of nitrogens with zero attached hydrogens (tertiary/aromatic N) is 1. The van der Waals surface area contributed by atoms with Crippen molar-refractivity contribution in [2.24, 2.45) is 5.92 Å². The summed E-state index contributed by atoms with van der Waals surface area (Å²) in [5.41, 5.74) is 10.1. The molecule has 0 aromatic heterocycles. The standard InChI is InChI=1S/C18H34N6OS/c1-12-5-6-16(26-12)14-10-15(23-22-14)18(25)20-11-13-4-2-7-19-17(13)24-9-3-8-21-24/h12-17,19,21-23H,2-11H2,1H3,(H,20,25). The van der Waals surface area contributed by atoms with Crippen LogP contribution in [0.4, 0.5) is 0 Å². The zero-order valence-electron chi connectivity index (χ0n) is 15.8. The molecule has 4 fully saturated rings. The largest absolute Gasteiger partial charge is 0.354 e. The highest BCUT2D eigenvalue weighted by atomic mass is 32.2. The Bertz CT molecular complexity index is 488. The Morgan fingerprint density at radius 3 is 2.88 bits per heavy atom. The summed E-state index contributed by atoms with van der Waals surface area (Å²) < 4.78 is 0. The minimum atomic E-state index is -0.101. The molecule has 0 aromatic carbocycles. The summed E-state index contributed by atoms with van der Waals surface area (Å²) in [6, 6.07) is 0.315. The highest BCUT2D eigenvalue weighted by molar-refractivity contribution is 8.00. The first-order valence-electron chi connectivity index (χ1n) is 10.4. The van der Waals surface area contributed by atoms with Gasteiger partial charge in [0.15, 0.2) is 0 Å². The summed E-state index contributed by atoms with van der Waals surface area (Å²) in [4.78, 5) is 12.7. The van der Waals surface area contributed by atoms with Crippen molar-refractivity contribution in [3.8, 4) is 0 Å². The molecule has 26 heavy (non-hydrogen) atoms. The van der Waals surface area contributed by atoms with Crippen LogP contribution in [-0.4, -0.2) is 65.8 Å². The smallest absolute Gasteiger partial charge is 0.238 e. The van der Waals surface area contributed by atoms with E-state index in [1.807, 2.05) is 0 Å². The third-order valence-electron chi connectivity index (χ3n) is 6.28. The minimum absolute atomic E-state index is 0.101. The maximum absolute atomic E-state index is 12.7. The van der Waals surface area contributed by atoms with Gasteiger partial charge in [-0.25, -0.2) is 10.4 Å². The number of hydrogen-bond acceptors (Lipinski definition) is 7. The van der Waals surface area contributed by atoms with Crippen LogP contribution in [0.25, 0.3) is 0 Å². The summed E-state index contributed by atoms with van der Waals surface area (Å²) in [6.07, 6.45) is 7.36. The van der Waals surface area contributed by atoms with Crippen molar-refractivity contribution in [1.82, 2.24) is 31.9 Å². The van der Waals surface area contributed by atoms with E-state index >= 15 is 0 Å². The Labute approximate surface area is 161 Å². The van der Waals surface area contributed by atoms with Crippen molar-refractivity contribution in [2.75, 3.05) is 26.2 Å². The molecule has 0 bridgehead atoms. The number of piperidine rings is 1. The number of amides is 1. The lowest BCUT2D eigenvalue weighted by atomic mass is 9.95. The Balaban J connectivity index is 1.24. The first-order valence-corrected chi connectivity index (χ1v) is 11.3. The van der Waals surface area contributed by atoms with Crippen molar-refractivity contribution in [3.63, 3.8) is 0 Å². The van der Waals surface area contributed by atoms with E-state index in [1.54, 1.807) is 0 Å². The lowest BCUT2D eigenvalue weighted by Crippen LogP contribution is -2.58. The second-order valence-electron chi connectivity index (χ2n) is 8.25. The van der Waals surface area contributed by atoms with Gasteiger partial charge in [0.25, 0.3) is 0 Å². The first kappa shape index (κ1) is 19.0. The summed E-state index contributed by atoms with van der Waals surface area (Å²) in [7, 11) is 0. The van der Waals surface area contributed by atoms with Crippen molar-refractivity contribution in [1.29, 1.82) is 0 Å². The van der Waals surface area contributed by atoms with Crippen molar-refractivity contribution < 1.29 is 4.79 Å². The van der Waals surface area contributed by atoms with Crippen LogP contribution < -0.4 is 26.9 Å². The third-order valence-corrected chi connectivity index (χ3v) is 7.89. The summed E-state index contributed by atoms with van der Waals surface area (Å²) >= 11 is 2.07. The summed E-state index contributed by atoms with van der Waals surface area (Å²) in [5.74, 6) is 0.615. The number of carbonyl (C=O) groups excluding carboxylic acids is 1. The maximum atomic E-state index is 12.7. The number of rotatable bonds is 5. The number of carbonyl (C=O) groups is 1. The van der Waals surface area contributed by atoms with E-state index in [9.17, 15) is 4.79 Å². The van der Waals surface area contributed by atoms with E-state index in [1.165, 1.54) is 32.1 Å². The van der Waals surface area contributed by atoms with Crippen LogP contribution in [0.2, 0.25) is 0 Å². The highest BCUT2D eigenvalue weighted by Gasteiger charge is 2.38.